The van der Waals surface area contributed by atoms with Crippen LogP contribution < -0.4 is 5.73 Å². The van der Waals surface area contributed by atoms with Crippen molar-refractivity contribution < 1.29 is 18.4 Å². The first-order valence-corrected chi connectivity index (χ1v) is 8.83. The van der Waals surface area contributed by atoms with Gasteiger partial charge in [-0.25, -0.2) is 18.7 Å². The van der Waals surface area contributed by atoms with Gasteiger partial charge in [-0.2, -0.15) is 0 Å². The van der Waals surface area contributed by atoms with E-state index in [1.54, 1.807) is 30.6 Å². The molecule has 0 unspecified atom stereocenters. The summed E-state index contributed by atoms with van der Waals surface area (Å²) in [6, 6.07) is 8.26. The lowest BCUT2D eigenvalue weighted by molar-refractivity contribution is -0.113. The Bertz CT molecular complexity index is 1310. The van der Waals surface area contributed by atoms with Gasteiger partial charge in [0.2, 0.25) is 11.7 Å². The second-order valence-electron chi connectivity index (χ2n) is 6.49. The molecule has 1 amide bonds. The minimum Gasteiger partial charge on any atom is -0.366 e. The van der Waals surface area contributed by atoms with Crippen LogP contribution in [0.3, 0.4) is 0 Å². The lowest BCUT2D eigenvalue weighted by Crippen LogP contribution is -2.06. The highest BCUT2D eigenvalue weighted by Crippen LogP contribution is 2.27. The number of halogens is 2. The van der Waals surface area contributed by atoms with Gasteiger partial charge in [-0.15, -0.1) is 0 Å². The third-order valence-corrected chi connectivity index (χ3v) is 4.50. The summed E-state index contributed by atoms with van der Waals surface area (Å²) in [7, 11) is 0. The predicted octanol–water partition coefficient (Wildman–Crippen LogP) is 3.63. The molecular formula is C22H14F2N4O2. The number of amides is 1. The van der Waals surface area contributed by atoms with Crippen molar-refractivity contribution in [2.45, 2.75) is 0 Å². The topological polar surface area (TPSA) is 102 Å². The molecule has 3 N–H and O–H groups in total. The normalized spacial score (nSPS) is 11.3. The van der Waals surface area contributed by atoms with E-state index in [4.69, 9.17) is 5.73 Å². The Morgan fingerprint density at radius 3 is 2.53 bits per heavy atom. The molecule has 0 saturated heterocycles. The molecule has 0 radical (unpaired) electrons. The minimum atomic E-state index is -0.730. The Kier molecular flexibility index (Phi) is 4.89. The van der Waals surface area contributed by atoms with Gasteiger partial charge in [0.05, 0.1) is 11.8 Å². The fourth-order valence-electron chi connectivity index (χ4n) is 3.02. The maximum absolute atomic E-state index is 14.7. The Labute approximate surface area is 169 Å². The summed E-state index contributed by atoms with van der Waals surface area (Å²) in [6.45, 7) is 0. The van der Waals surface area contributed by atoms with E-state index in [1.807, 2.05) is 0 Å². The second kappa shape index (κ2) is 7.67. The molecule has 6 nitrogen and oxygen atoms in total. The number of hydrogen-bond acceptors (Lipinski definition) is 4. The van der Waals surface area contributed by atoms with Gasteiger partial charge in [-0.3, -0.25) is 9.59 Å². The van der Waals surface area contributed by atoms with Gasteiger partial charge in [-0.1, -0.05) is 6.07 Å². The number of rotatable bonds is 5. The summed E-state index contributed by atoms with van der Waals surface area (Å²) < 4.78 is 27.7. The number of pyridine rings is 2. The van der Waals surface area contributed by atoms with Crippen molar-refractivity contribution in [3.8, 4) is 11.1 Å². The average Bonchev–Trinajstić information content (AvgIpc) is 3.14. The highest BCUT2D eigenvalue weighted by atomic mass is 19.1. The van der Waals surface area contributed by atoms with Crippen molar-refractivity contribution in [3.63, 3.8) is 0 Å². The number of hydrogen-bond donors (Lipinski definition) is 2. The molecule has 1 aromatic carbocycles. The zero-order valence-electron chi connectivity index (χ0n) is 15.4. The maximum atomic E-state index is 14.7. The van der Waals surface area contributed by atoms with E-state index in [0.29, 0.717) is 22.3 Å². The zero-order chi connectivity index (χ0) is 21.3. The summed E-state index contributed by atoms with van der Waals surface area (Å²) in [5.74, 6) is -2.53. The summed E-state index contributed by atoms with van der Waals surface area (Å²) in [5, 5.41) is 0.723. The van der Waals surface area contributed by atoms with Crippen molar-refractivity contribution in [2.24, 2.45) is 5.73 Å². The summed E-state index contributed by atoms with van der Waals surface area (Å²) in [4.78, 5) is 34.4. The molecule has 3 heterocycles. The number of H-pyrrole nitrogens is 1. The number of carbonyl (C=O) groups is 2. The molecule has 0 saturated carbocycles. The van der Waals surface area contributed by atoms with Crippen LogP contribution in [0.2, 0.25) is 0 Å². The van der Waals surface area contributed by atoms with E-state index in [0.717, 1.165) is 17.6 Å². The van der Waals surface area contributed by atoms with Gasteiger partial charge < -0.3 is 10.7 Å². The van der Waals surface area contributed by atoms with Gasteiger partial charge in [0.25, 0.3) is 0 Å². The highest BCUT2D eigenvalue weighted by molar-refractivity contribution is 6.08. The predicted molar refractivity (Wildman–Crippen MR) is 107 cm³/mol. The minimum absolute atomic E-state index is 0.0515. The molecule has 0 spiro atoms. The van der Waals surface area contributed by atoms with E-state index in [9.17, 15) is 18.4 Å². The molecule has 30 heavy (non-hydrogen) atoms. The SMILES string of the molecule is NC(=O)/C=C/c1c[nH]c2ncc(-c3ccc(C(=O)c4ccc(F)cn4)c(F)c3)cc12. The lowest BCUT2D eigenvalue weighted by atomic mass is 10.0. The smallest absolute Gasteiger partial charge is 0.241 e. The van der Waals surface area contributed by atoms with E-state index in [2.05, 4.69) is 15.0 Å². The Hall–Kier alpha value is -4.20. The summed E-state index contributed by atoms with van der Waals surface area (Å²) in [5.41, 5.74) is 7.34. The highest BCUT2D eigenvalue weighted by Gasteiger charge is 2.16. The quantitative estimate of drug-likeness (QED) is 0.392. The molecule has 4 rings (SSSR count). The molecule has 148 valence electrons. The van der Waals surface area contributed by atoms with Crippen molar-refractivity contribution in [2.75, 3.05) is 0 Å². The van der Waals surface area contributed by atoms with E-state index in [1.165, 1.54) is 24.3 Å². The van der Waals surface area contributed by atoms with Crippen LogP contribution in [-0.2, 0) is 4.79 Å². The molecule has 0 fully saturated rings. The van der Waals surface area contributed by atoms with Gasteiger partial charge in [-0.05, 0) is 42.0 Å². The molecule has 3 aromatic heterocycles. The van der Waals surface area contributed by atoms with Crippen LogP contribution >= 0.6 is 0 Å². The first-order chi connectivity index (χ1) is 14.4. The fraction of sp³-hybridized carbons (Fsp3) is 0. The van der Waals surface area contributed by atoms with Crippen LogP contribution in [0.4, 0.5) is 8.78 Å². The second-order valence-corrected chi connectivity index (χ2v) is 6.49. The van der Waals surface area contributed by atoms with Crippen molar-refractivity contribution in [1.82, 2.24) is 15.0 Å². The first kappa shape index (κ1) is 19.1. The molecule has 8 heteroatoms. The number of aromatic nitrogens is 3. The van der Waals surface area contributed by atoms with Crippen LogP contribution in [0.15, 0.2) is 61.1 Å². The van der Waals surface area contributed by atoms with Crippen LogP contribution in [0, 0.1) is 11.6 Å². The largest absolute Gasteiger partial charge is 0.366 e. The Balaban J connectivity index is 1.69. The number of ketones is 1. The van der Waals surface area contributed by atoms with E-state index < -0.39 is 23.3 Å². The number of benzene rings is 1. The van der Waals surface area contributed by atoms with E-state index >= 15 is 0 Å². The number of carbonyl (C=O) groups excluding carboxylic acids is 2. The standard InChI is InChI=1S/C22H14F2N4O2/c23-15-3-5-19(26-11-15)21(30)16-4-1-12(8-18(16)24)14-7-17-13(2-6-20(25)29)9-27-22(17)28-10-14/h1-11H,(H2,25,29)(H,27,28)/b6-2+. The monoisotopic (exact) mass is 404 g/mol. The number of fused-ring (bicyclic) bond motifs is 1. The summed E-state index contributed by atoms with van der Waals surface area (Å²) in [6.07, 6.45) is 6.95. The third-order valence-electron chi connectivity index (χ3n) is 4.50. The molecule has 0 bridgehead atoms. The number of nitrogens with two attached hydrogens (primary N) is 1. The third kappa shape index (κ3) is 3.70. The van der Waals surface area contributed by atoms with Gasteiger partial charge in [0.15, 0.2) is 0 Å². The number of nitrogens with zero attached hydrogens (tertiary/aromatic N) is 2. The first-order valence-electron chi connectivity index (χ1n) is 8.83. The molecule has 0 aliphatic heterocycles. The van der Waals surface area contributed by atoms with Gasteiger partial charge >= 0.3 is 0 Å². The molecule has 0 aliphatic carbocycles. The van der Waals surface area contributed by atoms with Crippen LogP contribution in [0.25, 0.3) is 28.2 Å². The molecule has 4 aromatic rings. The molecular weight excluding hydrogens is 390 g/mol. The molecule has 0 atom stereocenters. The van der Waals surface area contributed by atoms with E-state index in [-0.39, 0.29) is 11.3 Å². The van der Waals surface area contributed by atoms with Gasteiger partial charge in [0.1, 0.15) is 23.0 Å². The Morgan fingerprint density at radius 1 is 1.00 bits per heavy atom. The van der Waals surface area contributed by atoms with Crippen LogP contribution in [0.1, 0.15) is 21.6 Å². The molecule has 0 aliphatic rings. The number of primary amides is 1. The van der Waals surface area contributed by atoms with Crippen molar-refractivity contribution in [1.29, 1.82) is 0 Å². The van der Waals surface area contributed by atoms with Crippen LogP contribution in [-0.4, -0.2) is 26.6 Å². The van der Waals surface area contributed by atoms with Crippen molar-refractivity contribution >= 4 is 28.8 Å². The lowest BCUT2D eigenvalue weighted by Gasteiger charge is -2.06. The van der Waals surface area contributed by atoms with Crippen LogP contribution in [0.5, 0.6) is 0 Å². The fourth-order valence-corrected chi connectivity index (χ4v) is 3.02. The summed E-state index contributed by atoms with van der Waals surface area (Å²) >= 11 is 0. The Morgan fingerprint density at radius 2 is 1.83 bits per heavy atom. The van der Waals surface area contributed by atoms with Gasteiger partial charge in [0, 0.05) is 35.0 Å². The number of nitrogens with one attached hydrogen (secondary N) is 1. The number of aromatic amines is 1. The zero-order valence-corrected chi connectivity index (χ0v) is 15.4. The van der Waals surface area contributed by atoms with Crippen molar-refractivity contribution in [3.05, 3.63) is 89.5 Å². The maximum Gasteiger partial charge on any atom is 0.241 e. The average molecular weight is 404 g/mol.